The van der Waals surface area contributed by atoms with E-state index in [1.54, 1.807) is 6.07 Å². The van der Waals surface area contributed by atoms with Crippen LogP contribution in [0.5, 0.6) is 0 Å². The summed E-state index contributed by atoms with van der Waals surface area (Å²) >= 11 is 3.25. The standard InChI is InChI=1S/C10H13BrFN/c1-6-4-9(12)10(11)8(5-13-3)7(6)2/h4,13H,5H2,1-3H3. The fourth-order valence-corrected chi connectivity index (χ4v) is 1.85. The first-order valence-electron chi connectivity index (χ1n) is 4.16. The molecule has 0 fully saturated rings. The van der Waals surface area contributed by atoms with Gasteiger partial charge in [0.2, 0.25) is 0 Å². The van der Waals surface area contributed by atoms with Gasteiger partial charge < -0.3 is 5.32 Å². The summed E-state index contributed by atoms with van der Waals surface area (Å²) in [6, 6.07) is 1.55. The molecule has 1 aromatic rings. The van der Waals surface area contributed by atoms with Crippen molar-refractivity contribution in [3.63, 3.8) is 0 Å². The molecule has 0 spiro atoms. The van der Waals surface area contributed by atoms with Gasteiger partial charge in [-0.25, -0.2) is 4.39 Å². The van der Waals surface area contributed by atoms with Crippen molar-refractivity contribution in [2.45, 2.75) is 20.4 Å². The normalized spacial score (nSPS) is 10.5. The molecular weight excluding hydrogens is 233 g/mol. The molecule has 1 nitrogen and oxygen atoms in total. The monoisotopic (exact) mass is 245 g/mol. The van der Waals surface area contributed by atoms with Crippen LogP contribution in [0.1, 0.15) is 16.7 Å². The van der Waals surface area contributed by atoms with Gasteiger partial charge in [0, 0.05) is 6.54 Å². The molecule has 1 N–H and O–H groups in total. The maximum Gasteiger partial charge on any atom is 0.137 e. The highest BCUT2D eigenvalue weighted by atomic mass is 79.9. The minimum Gasteiger partial charge on any atom is -0.316 e. The van der Waals surface area contributed by atoms with Crippen molar-refractivity contribution in [2.24, 2.45) is 0 Å². The van der Waals surface area contributed by atoms with E-state index >= 15 is 0 Å². The minimum absolute atomic E-state index is 0.187. The van der Waals surface area contributed by atoms with Crippen molar-refractivity contribution in [1.29, 1.82) is 0 Å². The first-order valence-corrected chi connectivity index (χ1v) is 4.96. The first kappa shape index (κ1) is 10.7. The molecule has 0 aromatic heterocycles. The van der Waals surface area contributed by atoms with Gasteiger partial charge in [0.15, 0.2) is 0 Å². The van der Waals surface area contributed by atoms with Gasteiger partial charge in [-0.3, -0.25) is 0 Å². The Morgan fingerprint density at radius 2 is 2.08 bits per heavy atom. The molecule has 0 heterocycles. The lowest BCUT2D eigenvalue weighted by molar-refractivity contribution is 0.613. The molecule has 13 heavy (non-hydrogen) atoms. The van der Waals surface area contributed by atoms with Crippen LogP contribution in [0.15, 0.2) is 10.5 Å². The van der Waals surface area contributed by atoms with Gasteiger partial charge in [-0.1, -0.05) is 0 Å². The molecule has 0 aliphatic heterocycles. The molecule has 0 aliphatic carbocycles. The Balaban J connectivity index is 3.28. The summed E-state index contributed by atoms with van der Waals surface area (Å²) in [6.45, 7) is 4.61. The Kier molecular flexibility index (Phi) is 3.45. The van der Waals surface area contributed by atoms with Gasteiger partial charge in [-0.05, 0) is 59.6 Å². The third-order valence-corrected chi connectivity index (χ3v) is 3.07. The molecule has 0 aliphatic rings. The Morgan fingerprint density at radius 1 is 1.46 bits per heavy atom. The van der Waals surface area contributed by atoms with E-state index in [0.29, 0.717) is 11.0 Å². The fraction of sp³-hybridized carbons (Fsp3) is 0.400. The van der Waals surface area contributed by atoms with Crippen LogP contribution >= 0.6 is 15.9 Å². The van der Waals surface area contributed by atoms with E-state index < -0.39 is 0 Å². The number of halogens is 2. The largest absolute Gasteiger partial charge is 0.316 e. The second-order valence-corrected chi connectivity index (χ2v) is 3.92. The molecule has 0 amide bonds. The maximum absolute atomic E-state index is 13.3. The molecule has 72 valence electrons. The van der Waals surface area contributed by atoms with E-state index in [2.05, 4.69) is 21.2 Å². The van der Waals surface area contributed by atoms with Crippen LogP contribution in [0.25, 0.3) is 0 Å². The molecule has 0 atom stereocenters. The topological polar surface area (TPSA) is 12.0 Å². The number of hydrogen-bond acceptors (Lipinski definition) is 1. The number of benzene rings is 1. The van der Waals surface area contributed by atoms with Crippen LogP contribution in [0.4, 0.5) is 4.39 Å². The molecule has 1 aromatic carbocycles. The predicted molar refractivity (Wildman–Crippen MR) is 56.3 cm³/mol. The SMILES string of the molecule is CNCc1c(C)c(C)cc(F)c1Br. The highest BCUT2D eigenvalue weighted by Gasteiger charge is 2.10. The Bertz CT molecular complexity index is 297. The number of aryl methyl sites for hydroxylation is 1. The van der Waals surface area contributed by atoms with Crippen molar-refractivity contribution in [2.75, 3.05) is 7.05 Å². The molecular formula is C10H13BrFN. The molecule has 0 saturated heterocycles. The van der Waals surface area contributed by atoms with Crippen molar-refractivity contribution >= 4 is 15.9 Å². The third-order valence-electron chi connectivity index (χ3n) is 2.22. The average molecular weight is 246 g/mol. The quantitative estimate of drug-likeness (QED) is 0.845. The molecule has 0 radical (unpaired) electrons. The van der Waals surface area contributed by atoms with Gasteiger partial charge in [-0.2, -0.15) is 0 Å². The summed E-state index contributed by atoms with van der Waals surface area (Å²) in [6.07, 6.45) is 0. The summed E-state index contributed by atoms with van der Waals surface area (Å²) in [5, 5.41) is 3.02. The zero-order valence-corrected chi connectivity index (χ0v) is 9.63. The second-order valence-electron chi connectivity index (χ2n) is 3.12. The van der Waals surface area contributed by atoms with Crippen LogP contribution in [0.3, 0.4) is 0 Å². The van der Waals surface area contributed by atoms with E-state index in [1.807, 2.05) is 20.9 Å². The van der Waals surface area contributed by atoms with Crippen LogP contribution in [0, 0.1) is 19.7 Å². The predicted octanol–water partition coefficient (Wildman–Crippen LogP) is 2.92. The van der Waals surface area contributed by atoms with E-state index in [-0.39, 0.29) is 5.82 Å². The van der Waals surface area contributed by atoms with Gasteiger partial charge in [-0.15, -0.1) is 0 Å². The van der Waals surface area contributed by atoms with E-state index in [0.717, 1.165) is 16.7 Å². The lowest BCUT2D eigenvalue weighted by Crippen LogP contribution is -2.09. The molecule has 0 saturated carbocycles. The highest BCUT2D eigenvalue weighted by Crippen LogP contribution is 2.26. The molecule has 0 unspecified atom stereocenters. The number of nitrogens with one attached hydrogen (secondary N) is 1. The van der Waals surface area contributed by atoms with Crippen molar-refractivity contribution < 1.29 is 4.39 Å². The summed E-state index contributed by atoms with van der Waals surface area (Å²) in [5.74, 6) is -0.187. The van der Waals surface area contributed by atoms with E-state index in [1.165, 1.54) is 0 Å². The number of hydrogen-bond donors (Lipinski definition) is 1. The Labute approximate surface area is 86.5 Å². The summed E-state index contributed by atoms with van der Waals surface area (Å²) in [7, 11) is 1.85. The fourth-order valence-electron chi connectivity index (χ4n) is 1.30. The van der Waals surface area contributed by atoms with Crippen LogP contribution in [-0.2, 0) is 6.54 Å². The van der Waals surface area contributed by atoms with Crippen molar-refractivity contribution in [3.05, 3.63) is 33.0 Å². The number of rotatable bonds is 2. The van der Waals surface area contributed by atoms with Gasteiger partial charge in [0.1, 0.15) is 5.82 Å². The summed E-state index contributed by atoms with van der Waals surface area (Å²) < 4.78 is 13.8. The third kappa shape index (κ3) is 2.09. The van der Waals surface area contributed by atoms with Crippen molar-refractivity contribution in [1.82, 2.24) is 5.32 Å². The summed E-state index contributed by atoms with van der Waals surface area (Å²) in [5.41, 5.74) is 3.13. The van der Waals surface area contributed by atoms with E-state index in [9.17, 15) is 4.39 Å². The lowest BCUT2D eigenvalue weighted by Gasteiger charge is -2.11. The average Bonchev–Trinajstić information content (AvgIpc) is 2.09. The Morgan fingerprint density at radius 3 is 2.62 bits per heavy atom. The van der Waals surface area contributed by atoms with Gasteiger partial charge >= 0.3 is 0 Å². The first-order chi connectivity index (χ1) is 6.07. The zero-order valence-electron chi connectivity index (χ0n) is 8.04. The van der Waals surface area contributed by atoms with E-state index in [4.69, 9.17) is 0 Å². The zero-order chi connectivity index (χ0) is 10.0. The molecule has 1 rings (SSSR count). The minimum atomic E-state index is -0.187. The molecule has 3 heteroatoms. The Hall–Kier alpha value is -0.410. The highest BCUT2D eigenvalue weighted by molar-refractivity contribution is 9.10. The smallest absolute Gasteiger partial charge is 0.137 e. The lowest BCUT2D eigenvalue weighted by atomic mass is 10.0. The molecule has 0 bridgehead atoms. The maximum atomic E-state index is 13.3. The van der Waals surface area contributed by atoms with Gasteiger partial charge in [0.05, 0.1) is 4.47 Å². The van der Waals surface area contributed by atoms with Crippen LogP contribution in [0.2, 0.25) is 0 Å². The van der Waals surface area contributed by atoms with Crippen LogP contribution in [-0.4, -0.2) is 7.05 Å². The summed E-state index contributed by atoms with van der Waals surface area (Å²) in [4.78, 5) is 0. The van der Waals surface area contributed by atoms with Crippen LogP contribution < -0.4 is 5.32 Å². The van der Waals surface area contributed by atoms with Gasteiger partial charge in [0.25, 0.3) is 0 Å². The van der Waals surface area contributed by atoms with Crippen molar-refractivity contribution in [3.8, 4) is 0 Å². The second kappa shape index (κ2) is 4.20.